The second-order valence-corrected chi connectivity index (χ2v) is 7.23. The minimum atomic E-state index is 0.186. The number of hydrogen-bond acceptors (Lipinski definition) is 2. The fourth-order valence-corrected chi connectivity index (χ4v) is 4.40. The number of carbonyl (C=O) groups excluding carboxylic acids is 1. The van der Waals surface area contributed by atoms with Crippen molar-refractivity contribution in [3.63, 3.8) is 0 Å². The number of thioether (sulfide) groups is 1. The van der Waals surface area contributed by atoms with Gasteiger partial charge in [0.1, 0.15) is 0 Å². The van der Waals surface area contributed by atoms with Gasteiger partial charge in [-0.1, -0.05) is 51.7 Å². The number of unbranched alkanes of at least 4 members (excludes halogenated alkanes) is 2. The molecule has 2 unspecified atom stereocenters. The smallest absolute Gasteiger partial charge is 0.224 e. The zero-order chi connectivity index (χ0) is 15.1. The van der Waals surface area contributed by atoms with Gasteiger partial charge in [-0.25, -0.2) is 0 Å². The molecule has 21 heavy (non-hydrogen) atoms. The Morgan fingerprint density at radius 1 is 1.14 bits per heavy atom. The molecule has 0 aliphatic carbocycles. The highest BCUT2D eigenvalue weighted by atomic mass is 32.2. The Labute approximate surface area is 133 Å². The lowest BCUT2D eigenvalue weighted by molar-refractivity contribution is -0.117. The molecule has 0 saturated heterocycles. The molecule has 0 fully saturated rings. The van der Waals surface area contributed by atoms with Crippen LogP contribution in [0.3, 0.4) is 0 Å². The van der Waals surface area contributed by atoms with E-state index in [9.17, 15) is 4.79 Å². The highest BCUT2D eigenvalue weighted by molar-refractivity contribution is 8.00. The van der Waals surface area contributed by atoms with E-state index in [0.717, 1.165) is 5.69 Å². The van der Waals surface area contributed by atoms with Crippen molar-refractivity contribution < 1.29 is 4.79 Å². The van der Waals surface area contributed by atoms with Crippen LogP contribution in [0.25, 0.3) is 0 Å². The predicted molar refractivity (Wildman–Crippen MR) is 91.9 cm³/mol. The average Bonchev–Trinajstić information content (AvgIpc) is 2.48. The lowest BCUT2D eigenvalue weighted by Gasteiger charge is -2.29. The molecule has 116 valence electrons. The van der Waals surface area contributed by atoms with Crippen LogP contribution in [0.1, 0.15) is 58.8 Å². The topological polar surface area (TPSA) is 29.1 Å². The van der Waals surface area contributed by atoms with Crippen molar-refractivity contribution in [2.75, 3.05) is 5.32 Å². The summed E-state index contributed by atoms with van der Waals surface area (Å²) in [6, 6.07) is 8.22. The van der Waals surface area contributed by atoms with E-state index in [1.165, 1.54) is 43.4 Å². The average molecular weight is 305 g/mol. The normalized spacial score (nSPS) is 22.1. The van der Waals surface area contributed by atoms with E-state index in [1.54, 1.807) is 0 Å². The van der Waals surface area contributed by atoms with Gasteiger partial charge in [-0.3, -0.25) is 4.79 Å². The molecule has 3 heteroatoms. The SMILES string of the molecule is CCCCC1CC(=O)Nc2ccccc2SC1CCCC. The summed E-state index contributed by atoms with van der Waals surface area (Å²) in [5.74, 6) is 0.695. The highest BCUT2D eigenvalue weighted by Gasteiger charge is 2.27. The van der Waals surface area contributed by atoms with Crippen molar-refractivity contribution in [2.45, 2.75) is 68.9 Å². The summed E-state index contributed by atoms with van der Waals surface area (Å²) in [5.41, 5.74) is 0.989. The van der Waals surface area contributed by atoms with Crippen LogP contribution in [-0.2, 0) is 4.79 Å². The lowest BCUT2D eigenvalue weighted by atomic mass is 9.91. The molecule has 0 spiro atoms. The molecule has 1 heterocycles. The van der Waals surface area contributed by atoms with Gasteiger partial charge in [-0.15, -0.1) is 11.8 Å². The molecule has 0 aromatic heterocycles. The van der Waals surface area contributed by atoms with Crippen molar-refractivity contribution in [1.82, 2.24) is 0 Å². The summed E-state index contributed by atoms with van der Waals surface area (Å²) in [6.07, 6.45) is 7.98. The molecule has 1 N–H and O–H groups in total. The number of para-hydroxylation sites is 1. The largest absolute Gasteiger partial charge is 0.325 e. The molecule has 2 atom stereocenters. The molecular weight excluding hydrogens is 278 g/mol. The van der Waals surface area contributed by atoms with E-state index >= 15 is 0 Å². The van der Waals surface area contributed by atoms with Gasteiger partial charge in [0, 0.05) is 16.6 Å². The molecule has 1 aromatic rings. The standard InChI is InChI=1S/C18H27NOS/c1-3-5-9-14-13-18(20)19-15-10-7-8-12-17(15)21-16(14)11-6-4-2/h7-8,10,12,14,16H,3-6,9,11,13H2,1-2H3,(H,19,20). The monoisotopic (exact) mass is 305 g/mol. The molecule has 2 rings (SSSR count). The Balaban J connectivity index is 2.20. The van der Waals surface area contributed by atoms with E-state index in [0.29, 0.717) is 17.6 Å². The maximum atomic E-state index is 12.3. The van der Waals surface area contributed by atoms with Gasteiger partial charge in [-0.05, 0) is 30.9 Å². The maximum absolute atomic E-state index is 12.3. The van der Waals surface area contributed by atoms with Gasteiger partial charge in [-0.2, -0.15) is 0 Å². The van der Waals surface area contributed by atoms with E-state index < -0.39 is 0 Å². The maximum Gasteiger partial charge on any atom is 0.224 e. The summed E-state index contributed by atoms with van der Waals surface area (Å²) in [4.78, 5) is 13.5. The second kappa shape index (κ2) is 8.47. The fourth-order valence-electron chi connectivity index (χ4n) is 2.96. The van der Waals surface area contributed by atoms with Gasteiger partial charge in [0.25, 0.3) is 0 Å². The Bertz CT molecular complexity index is 460. The number of nitrogens with one attached hydrogen (secondary N) is 1. The van der Waals surface area contributed by atoms with E-state index in [4.69, 9.17) is 0 Å². The Morgan fingerprint density at radius 2 is 1.86 bits per heavy atom. The Morgan fingerprint density at radius 3 is 2.62 bits per heavy atom. The number of fused-ring (bicyclic) bond motifs is 1. The van der Waals surface area contributed by atoms with Crippen molar-refractivity contribution >= 4 is 23.4 Å². The fraction of sp³-hybridized carbons (Fsp3) is 0.611. The lowest BCUT2D eigenvalue weighted by Crippen LogP contribution is -2.26. The van der Waals surface area contributed by atoms with Crippen LogP contribution in [0.5, 0.6) is 0 Å². The molecule has 2 nitrogen and oxygen atoms in total. The van der Waals surface area contributed by atoms with Crippen LogP contribution in [0, 0.1) is 5.92 Å². The highest BCUT2D eigenvalue weighted by Crippen LogP contribution is 2.40. The van der Waals surface area contributed by atoms with Crippen LogP contribution in [0.15, 0.2) is 29.2 Å². The quantitative estimate of drug-likeness (QED) is 0.753. The predicted octanol–water partition coefficient (Wildman–Crippen LogP) is 5.49. The second-order valence-electron chi connectivity index (χ2n) is 5.95. The van der Waals surface area contributed by atoms with Crippen molar-refractivity contribution in [1.29, 1.82) is 0 Å². The number of benzene rings is 1. The van der Waals surface area contributed by atoms with Crippen LogP contribution < -0.4 is 5.32 Å². The van der Waals surface area contributed by atoms with Crippen molar-refractivity contribution in [2.24, 2.45) is 5.92 Å². The van der Waals surface area contributed by atoms with Crippen LogP contribution in [0.4, 0.5) is 5.69 Å². The first-order valence-electron chi connectivity index (χ1n) is 8.30. The summed E-state index contributed by atoms with van der Waals surface area (Å²) in [6.45, 7) is 4.47. The molecule has 0 bridgehead atoms. The summed E-state index contributed by atoms with van der Waals surface area (Å²) in [7, 11) is 0. The number of rotatable bonds is 6. The van der Waals surface area contributed by atoms with Gasteiger partial charge in [0.2, 0.25) is 5.91 Å². The molecule has 1 aliphatic rings. The molecular formula is C18H27NOS. The zero-order valence-corrected chi connectivity index (χ0v) is 14.0. The Kier molecular flexibility index (Phi) is 6.62. The van der Waals surface area contributed by atoms with E-state index in [-0.39, 0.29) is 5.91 Å². The first kappa shape index (κ1) is 16.4. The molecule has 1 amide bonds. The Hall–Kier alpha value is -0.960. The zero-order valence-electron chi connectivity index (χ0n) is 13.2. The van der Waals surface area contributed by atoms with Crippen LogP contribution in [-0.4, -0.2) is 11.2 Å². The first-order valence-corrected chi connectivity index (χ1v) is 9.18. The van der Waals surface area contributed by atoms with Gasteiger partial charge in [0.15, 0.2) is 0 Å². The van der Waals surface area contributed by atoms with E-state index in [2.05, 4.69) is 31.3 Å². The van der Waals surface area contributed by atoms with Crippen LogP contribution in [0.2, 0.25) is 0 Å². The number of amides is 1. The van der Waals surface area contributed by atoms with Gasteiger partial charge < -0.3 is 5.32 Å². The van der Waals surface area contributed by atoms with Crippen molar-refractivity contribution in [3.05, 3.63) is 24.3 Å². The minimum Gasteiger partial charge on any atom is -0.325 e. The van der Waals surface area contributed by atoms with E-state index in [1.807, 2.05) is 23.9 Å². The molecule has 1 aliphatic heterocycles. The van der Waals surface area contributed by atoms with Gasteiger partial charge in [0.05, 0.1) is 5.69 Å². The number of hydrogen-bond donors (Lipinski definition) is 1. The first-order chi connectivity index (χ1) is 10.2. The third-order valence-electron chi connectivity index (χ3n) is 4.18. The van der Waals surface area contributed by atoms with Crippen molar-refractivity contribution in [3.8, 4) is 0 Å². The third kappa shape index (κ3) is 4.77. The summed E-state index contributed by atoms with van der Waals surface area (Å²) < 4.78 is 0. The summed E-state index contributed by atoms with van der Waals surface area (Å²) >= 11 is 1.98. The molecule has 0 radical (unpaired) electrons. The minimum absolute atomic E-state index is 0.186. The molecule has 0 saturated carbocycles. The van der Waals surface area contributed by atoms with Crippen LogP contribution >= 0.6 is 11.8 Å². The molecule has 1 aromatic carbocycles. The van der Waals surface area contributed by atoms with Gasteiger partial charge >= 0.3 is 0 Å². The third-order valence-corrected chi connectivity index (χ3v) is 5.72. The number of carbonyl (C=O) groups is 1. The number of anilines is 1. The summed E-state index contributed by atoms with van der Waals surface area (Å²) in [5, 5.41) is 3.66.